The van der Waals surface area contributed by atoms with Crippen molar-refractivity contribution in [3.8, 4) is 0 Å². The first-order valence-electron chi connectivity index (χ1n) is 12.1. The van der Waals surface area contributed by atoms with Crippen molar-refractivity contribution < 1.29 is 0 Å². The van der Waals surface area contributed by atoms with Crippen LogP contribution in [0.15, 0.2) is 36.7 Å². The summed E-state index contributed by atoms with van der Waals surface area (Å²) in [5.41, 5.74) is 8.99. The Morgan fingerprint density at radius 2 is 1.59 bits per heavy atom. The van der Waals surface area contributed by atoms with Crippen molar-refractivity contribution in [2.24, 2.45) is 5.73 Å². The molecule has 3 aromatic rings. The molecule has 2 saturated carbocycles. The van der Waals surface area contributed by atoms with Crippen molar-refractivity contribution in [1.82, 2.24) is 19.5 Å². The number of hydrogen-bond acceptors (Lipinski definition) is 7. The van der Waals surface area contributed by atoms with Crippen LogP contribution in [0.4, 0.5) is 17.5 Å². The number of nitrogens with one attached hydrogen (secondary N) is 3. The topological polar surface area (TPSA) is 106 Å². The molecule has 186 valence electrons. The van der Waals surface area contributed by atoms with Crippen LogP contribution in [0.25, 0.3) is 11.2 Å². The van der Waals surface area contributed by atoms with Crippen LogP contribution in [0.5, 0.6) is 0 Å². The number of nitrogens with two attached hydrogens (primary N) is 1. The van der Waals surface area contributed by atoms with Crippen LogP contribution in [0, 0.1) is 0 Å². The minimum atomic E-state index is 0. The van der Waals surface area contributed by atoms with Crippen LogP contribution in [-0.2, 0) is 0 Å². The van der Waals surface area contributed by atoms with Crippen LogP contribution in [0.1, 0.15) is 57.4 Å². The summed E-state index contributed by atoms with van der Waals surface area (Å²) in [7, 11) is 0. The molecule has 0 atom stereocenters. The number of benzene rings is 1. The van der Waals surface area contributed by atoms with Gasteiger partial charge in [0.05, 0.1) is 6.33 Å². The van der Waals surface area contributed by atoms with Crippen molar-refractivity contribution in [3.63, 3.8) is 0 Å². The predicted molar refractivity (Wildman–Crippen MR) is 145 cm³/mol. The van der Waals surface area contributed by atoms with E-state index in [4.69, 9.17) is 20.7 Å². The van der Waals surface area contributed by atoms with Gasteiger partial charge in [0.1, 0.15) is 0 Å². The number of para-hydroxylation sites is 1. The summed E-state index contributed by atoms with van der Waals surface area (Å²) in [6.07, 6.45) is 11.1. The van der Waals surface area contributed by atoms with Gasteiger partial charge in [-0.05, 0) is 50.7 Å². The smallest absolute Gasteiger partial charge is 0.227 e. The molecule has 2 aliphatic carbocycles. The molecule has 2 aromatic heterocycles. The van der Waals surface area contributed by atoms with Crippen LogP contribution >= 0.6 is 24.8 Å². The molecule has 2 fully saturated rings. The normalized spacial score (nSPS) is 20.4. The lowest BCUT2D eigenvalue weighted by Crippen LogP contribution is -2.33. The van der Waals surface area contributed by atoms with E-state index in [0.717, 1.165) is 61.4 Å². The number of imidazole rings is 1. The highest BCUT2D eigenvalue weighted by Gasteiger charge is 2.23. The molecule has 0 bridgehead atoms. The first kappa shape index (κ1) is 26.3. The number of hydrogen-bond donors (Lipinski definition) is 4. The fourth-order valence-electron chi connectivity index (χ4n) is 4.94. The van der Waals surface area contributed by atoms with Gasteiger partial charge in [0.15, 0.2) is 17.0 Å². The fourth-order valence-corrected chi connectivity index (χ4v) is 4.94. The third-order valence-electron chi connectivity index (χ3n) is 6.76. The molecule has 1 aromatic carbocycles. The SMILES string of the molecule is Cl.Cl.NC1CCC(Nc2nc(NCCNc3ccccc3)c3ncn(C4CCCC4)c3n2)CC1. The van der Waals surface area contributed by atoms with Gasteiger partial charge in [-0.1, -0.05) is 31.0 Å². The maximum absolute atomic E-state index is 6.09. The molecule has 2 aliphatic rings. The minimum Gasteiger partial charge on any atom is -0.383 e. The van der Waals surface area contributed by atoms with Gasteiger partial charge >= 0.3 is 0 Å². The van der Waals surface area contributed by atoms with Gasteiger partial charge < -0.3 is 26.3 Å². The van der Waals surface area contributed by atoms with Crippen LogP contribution < -0.4 is 21.7 Å². The van der Waals surface area contributed by atoms with Crippen molar-refractivity contribution in [2.45, 2.75) is 69.5 Å². The fraction of sp³-hybridized carbons (Fsp3) is 0.542. The molecule has 0 unspecified atom stereocenters. The predicted octanol–water partition coefficient (Wildman–Crippen LogP) is 4.99. The summed E-state index contributed by atoms with van der Waals surface area (Å²) in [5, 5.41) is 10.5. The van der Waals surface area contributed by atoms with Crippen molar-refractivity contribution in [1.29, 1.82) is 0 Å². The summed E-state index contributed by atoms with van der Waals surface area (Å²) in [6, 6.07) is 11.4. The molecule has 2 heterocycles. The Balaban J connectivity index is 0.00000162. The van der Waals surface area contributed by atoms with E-state index in [1.807, 2.05) is 24.5 Å². The summed E-state index contributed by atoms with van der Waals surface area (Å²) in [5.74, 6) is 1.49. The van der Waals surface area contributed by atoms with E-state index >= 15 is 0 Å². The third-order valence-corrected chi connectivity index (χ3v) is 6.76. The molecule has 10 heteroatoms. The Kier molecular flexibility index (Phi) is 9.62. The molecule has 0 aliphatic heterocycles. The van der Waals surface area contributed by atoms with Gasteiger partial charge in [-0.3, -0.25) is 0 Å². The second-order valence-electron chi connectivity index (χ2n) is 9.13. The Bertz CT molecular complexity index is 1010. The largest absolute Gasteiger partial charge is 0.383 e. The summed E-state index contributed by atoms with van der Waals surface area (Å²) in [4.78, 5) is 14.5. The second kappa shape index (κ2) is 12.4. The number of halogens is 2. The molecule has 0 spiro atoms. The van der Waals surface area contributed by atoms with Gasteiger partial charge in [0.25, 0.3) is 0 Å². The van der Waals surface area contributed by atoms with Gasteiger partial charge in [0, 0.05) is 36.9 Å². The Hall–Kier alpha value is -2.29. The Labute approximate surface area is 213 Å². The molecular weight excluding hydrogens is 471 g/mol. The Morgan fingerprint density at radius 3 is 2.32 bits per heavy atom. The molecule has 5 N–H and O–H groups in total. The van der Waals surface area contributed by atoms with Gasteiger partial charge in [-0.15, -0.1) is 24.8 Å². The van der Waals surface area contributed by atoms with Gasteiger partial charge in [-0.2, -0.15) is 9.97 Å². The van der Waals surface area contributed by atoms with Crippen LogP contribution in [0.3, 0.4) is 0 Å². The third kappa shape index (κ3) is 6.23. The van der Waals surface area contributed by atoms with E-state index in [0.29, 0.717) is 24.1 Å². The lowest BCUT2D eigenvalue weighted by Gasteiger charge is -2.27. The zero-order valence-electron chi connectivity index (χ0n) is 19.4. The maximum Gasteiger partial charge on any atom is 0.227 e. The number of rotatable bonds is 8. The second-order valence-corrected chi connectivity index (χ2v) is 9.13. The van der Waals surface area contributed by atoms with E-state index in [1.165, 1.54) is 25.7 Å². The van der Waals surface area contributed by atoms with E-state index in [1.54, 1.807) is 0 Å². The van der Waals surface area contributed by atoms with Crippen molar-refractivity contribution >= 4 is 53.4 Å². The highest BCUT2D eigenvalue weighted by molar-refractivity contribution is 5.86. The highest BCUT2D eigenvalue weighted by Crippen LogP contribution is 2.33. The zero-order chi connectivity index (χ0) is 21.8. The van der Waals surface area contributed by atoms with Crippen LogP contribution in [-0.4, -0.2) is 44.7 Å². The number of fused-ring (bicyclic) bond motifs is 1. The zero-order valence-corrected chi connectivity index (χ0v) is 21.1. The molecule has 0 radical (unpaired) electrons. The quantitative estimate of drug-likeness (QED) is 0.318. The van der Waals surface area contributed by atoms with Crippen molar-refractivity contribution in [3.05, 3.63) is 36.7 Å². The van der Waals surface area contributed by atoms with E-state index in [2.05, 4.69) is 32.7 Å². The summed E-state index contributed by atoms with van der Waals surface area (Å²) < 4.78 is 2.26. The lowest BCUT2D eigenvalue weighted by molar-refractivity contribution is 0.410. The van der Waals surface area contributed by atoms with Gasteiger partial charge in [0.2, 0.25) is 5.95 Å². The number of nitrogens with zero attached hydrogens (tertiary/aromatic N) is 4. The molecule has 34 heavy (non-hydrogen) atoms. The van der Waals surface area contributed by atoms with Crippen molar-refractivity contribution in [2.75, 3.05) is 29.0 Å². The average Bonchev–Trinajstić information content (AvgIpc) is 3.49. The van der Waals surface area contributed by atoms with Crippen LogP contribution in [0.2, 0.25) is 0 Å². The van der Waals surface area contributed by atoms with E-state index in [9.17, 15) is 0 Å². The average molecular weight is 508 g/mol. The maximum atomic E-state index is 6.09. The highest BCUT2D eigenvalue weighted by atomic mass is 35.5. The molecule has 8 nitrogen and oxygen atoms in total. The van der Waals surface area contributed by atoms with Gasteiger partial charge in [-0.25, -0.2) is 4.98 Å². The first-order chi connectivity index (χ1) is 15.8. The molecular formula is C24H36Cl2N8. The molecule has 0 saturated heterocycles. The number of anilines is 3. The van der Waals surface area contributed by atoms with E-state index < -0.39 is 0 Å². The molecule has 5 rings (SSSR count). The monoisotopic (exact) mass is 506 g/mol. The minimum absolute atomic E-state index is 0. The number of aromatic nitrogens is 4. The summed E-state index contributed by atoms with van der Waals surface area (Å²) >= 11 is 0. The summed E-state index contributed by atoms with van der Waals surface area (Å²) in [6.45, 7) is 1.54. The molecule has 0 amide bonds. The Morgan fingerprint density at radius 1 is 0.882 bits per heavy atom. The lowest BCUT2D eigenvalue weighted by atomic mass is 9.92. The first-order valence-corrected chi connectivity index (χ1v) is 12.1. The standard InChI is InChI=1S/C24H34N8.2ClH/c25-17-10-12-19(13-11-17)29-24-30-22(27-15-14-26-18-6-2-1-3-7-18)21-23(31-24)32(16-28-21)20-8-4-5-9-20;;/h1-3,6-7,16-17,19-20,26H,4-5,8-15,25H2,(H2,27,29,30,31);2*1H. The van der Waals surface area contributed by atoms with E-state index in [-0.39, 0.29) is 24.8 Å².